The number of hydrogen-bond acceptors (Lipinski definition) is 10. The van der Waals surface area contributed by atoms with Crippen LogP contribution in [-0.4, -0.2) is 64.0 Å². The first-order chi connectivity index (χ1) is 16.9. The Hall–Kier alpha value is -4.04. The first-order valence-corrected chi connectivity index (χ1v) is 11.5. The summed E-state index contributed by atoms with van der Waals surface area (Å²) in [7, 11) is 1.26. The highest BCUT2D eigenvalue weighted by molar-refractivity contribution is 8.00. The molecule has 0 aliphatic carbocycles. The average molecular weight is 500 g/mol. The van der Waals surface area contributed by atoms with Gasteiger partial charge in [-0.3, -0.25) is 25.1 Å². The molecule has 0 saturated carbocycles. The minimum Gasteiger partial charge on any atom is -0.543 e. The summed E-state index contributed by atoms with van der Waals surface area (Å²) in [5, 5.41) is 18.6. The number of furan rings is 1. The van der Waals surface area contributed by atoms with Crippen LogP contribution in [0.15, 0.2) is 64.1 Å². The SMILES string of the molecule is CO/N=C(\C(=O)NC1C(=O)N2C(C(=O)[O-])=C(C[n+]3ccc4ccoc4c3)CS[C@H]12)N1C=COC1N. The molecule has 0 aromatic carbocycles. The molecule has 3 N–H and O–H groups in total. The third kappa shape index (κ3) is 3.95. The summed E-state index contributed by atoms with van der Waals surface area (Å²) in [6, 6.07) is 2.70. The zero-order valence-corrected chi connectivity index (χ0v) is 19.1. The number of aliphatic carboxylic acids is 1. The van der Waals surface area contributed by atoms with E-state index in [1.54, 1.807) is 23.2 Å². The summed E-state index contributed by atoms with van der Waals surface area (Å²) in [5.41, 5.74) is 6.74. The molecule has 1 fully saturated rings. The molecule has 3 aliphatic heterocycles. The van der Waals surface area contributed by atoms with Crippen LogP contribution in [0.25, 0.3) is 11.0 Å². The van der Waals surface area contributed by atoms with Gasteiger partial charge in [0.25, 0.3) is 11.8 Å². The normalized spacial score (nSPS) is 23.8. The van der Waals surface area contributed by atoms with Crippen LogP contribution in [0.1, 0.15) is 0 Å². The van der Waals surface area contributed by atoms with E-state index in [4.69, 9.17) is 19.7 Å². The van der Waals surface area contributed by atoms with E-state index in [0.717, 1.165) is 10.3 Å². The predicted molar refractivity (Wildman–Crippen MR) is 118 cm³/mol. The van der Waals surface area contributed by atoms with Crippen LogP contribution in [-0.2, 0) is 30.5 Å². The van der Waals surface area contributed by atoms with Crippen molar-refractivity contribution < 1.29 is 38.0 Å². The number of amidine groups is 1. The van der Waals surface area contributed by atoms with Crippen LogP contribution < -0.4 is 20.7 Å². The van der Waals surface area contributed by atoms with Crippen molar-refractivity contribution in [1.82, 2.24) is 15.1 Å². The second kappa shape index (κ2) is 8.96. The summed E-state index contributed by atoms with van der Waals surface area (Å²) >= 11 is 1.33. The lowest BCUT2D eigenvalue weighted by Gasteiger charge is -2.50. The van der Waals surface area contributed by atoms with E-state index >= 15 is 0 Å². The number of thioether (sulfide) groups is 1. The number of carboxylic acids is 1. The van der Waals surface area contributed by atoms with Gasteiger partial charge in [0.2, 0.25) is 18.4 Å². The number of oxime groups is 1. The van der Waals surface area contributed by atoms with E-state index in [-0.39, 0.29) is 18.1 Å². The fourth-order valence-corrected chi connectivity index (χ4v) is 5.41. The number of nitrogens with two attached hydrogens (primary N) is 1. The van der Waals surface area contributed by atoms with Crippen LogP contribution in [0.5, 0.6) is 0 Å². The molecule has 2 amide bonds. The predicted octanol–water partition coefficient (Wildman–Crippen LogP) is -1.87. The number of rotatable bonds is 5. The van der Waals surface area contributed by atoms with Crippen molar-refractivity contribution in [2.45, 2.75) is 24.3 Å². The van der Waals surface area contributed by atoms with E-state index < -0.39 is 35.6 Å². The van der Waals surface area contributed by atoms with E-state index in [0.29, 0.717) is 16.9 Å². The van der Waals surface area contributed by atoms with Gasteiger partial charge in [0.1, 0.15) is 24.8 Å². The van der Waals surface area contributed by atoms with Crippen molar-refractivity contribution in [3.8, 4) is 0 Å². The molecule has 13 nitrogen and oxygen atoms in total. The zero-order chi connectivity index (χ0) is 24.7. The maximum atomic E-state index is 13.0. The van der Waals surface area contributed by atoms with Gasteiger partial charge in [0, 0.05) is 29.0 Å². The highest BCUT2D eigenvalue weighted by Gasteiger charge is 2.53. The smallest absolute Gasteiger partial charge is 0.291 e. The quantitative estimate of drug-likeness (QED) is 0.156. The lowest BCUT2D eigenvalue weighted by molar-refractivity contribution is -0.688. The van der Waals surface area contributed by atoms with E-state index in [1.165, 1.54) is 36.2 Å². The summed E-state index contributed by atoms with van der Waals surface area (Å²) in [6.45, 7) is 0.226. The maximum absolute atomic E-state index is 13.0. The molecule has 0 radical (unpaired) electrons. The molecule has 2 unspecified atom stereocenters. The molecule has 14 heteroatoms. The van der Waals surface area contributed by atoms with Gasteiger partial charge >= 0.3 is 0 Å². The number of fused-ring (bicyclic) bond motifs is 2. The third-order valence-corrected chi connectivity index (χ3v) is 7.04. The summed E-state index contributed by atoms with van der Waals surface area (Å²) in [4.78, 5) is 44.9. The van der Waals surface area contributed by atoms with Crippen molar-refractivity contribution in [3.05, 3.63) is 54.5 Å². The van der Waals surface area contributed by atoms with E-state index in [2.05, 4.69) is 10.5 Å². The molecule has 3 aliphatic rings. The Kier molecular flexibility index (Phi) is 5.82. The lowest BCUT2D eigenvalue weighted by Crippen LogP contribution is -2.72. The van der Waals surface area contributed by atoms with Crippen molar-refractivity contribution in [2.75, 3.05) is 12.9 Å². The number of carboxylic acid groups (broad SMARTS) is 1. The van der Waals surface area contributed by atoms with Crippen LogP contribution in [0.2, 0.25) is 0 Å². The Morgan fingerprint density at radius 2 is 2.26 bits per heavy atom. The van der Waals surface area contributed by atoms with Gasteiger partial charge in [-0.1, -0.05) is 5.16 Å². The van der Waals surface area contributed by atoms with E-state index in [9.17, 15) is 19.5 Å². The Morgan fingerprint density at radius 3 is 2.97 bits per heavy atom. The standard InChI is InChI=1S/C21H20N6O7S/c1-32-24-16(26-5-7-34-21(26)22)17(28)23-14-18(29)27-15(20(30)31)12(10-35-19(14)27)8-25-4-2-11-3-6-33-13(11)9-25/h2-7,9,14,19,21H,8,10,22H2,1H3,(H-,23,28,30,31)/b24-16+/t14?,19-,21?/m1/s1. The number of ether oxygens (including phenoxy) is 1. The first kappa shape index (κ1) is 22.7. The molecule has 2 aromatic heterocycles. The molecule has 3 atom stereocenters. The average Bonchev–Trinajstić information content (AvgIpc) is 3.48. The maximum Gasteiger partial charge on any atom is 0.291 e. The largest absolute Gasteiger partial charge is 0.543 e. The van der Waals surface area contributed by atoms with Crippen molar-refractivity contribution in [1.29, 1.82) is 0 Å². The Bertz CT molecular complexity index is 1300. The van der Waals surface area contributed by atoms with Gasteiger partial charge in [-0.15, -0.1) is 11.8 Å². The van der Waals surface area contributed by atoms with Gasteiger partial charge in [-0.2, -0.15) is 4.57 Å². The molecule has 0 bridgehead atoms. The number of β-lactam (4-membered cyclic amide) rings is 1. The number of amides is 2. The van der Waals surface area contributed by atoms with E-state index in [1.807, 2.05) is 12.1 Å². The highest BCUT2D eigenvalue weighted by atomic mass is 32.2. The number of pyridine rings is 1. The minimum absolute atomic E-state index is 0.194. The molecular formula is C21H20N6O7S. The second-order valence-electron chi connectivity index (χ2n) is 7.77. The van der Waals surface area contributed by atoms with Crippen LogP contribution >= 0.6 is 11.8 Å². The minimum atomic E-state index is -1.46. The van der Waals surface area contributed by atoms with Crippen molar-refractivity contribution >= 4 is 46.4 Å². The number of hydrogen-bond donors (Lipinski definition) is 2. The molecular weight excluding hydrogens is 480 g/mol. The summed E-state index contributed by atoms with van der Waals surface area (Å²) < 4.78 is 12.2. The summed E-state index contributed by atoms with van der Waals surface area (Å²) in [6.07, 6.45) is 6.82. The monoisotopic (exact) mass is 500 g/mol. The van der Waals surface area contributed by atoms with Gasteiger partial charge in [0.05, 0.1) is 17.9 Å². The summed E-state index contributed by atoms with van der Waals surface area (Å²) in [5.74, 6) is -2.67. The second-order valence-corrected chi connectivity index (χ2v) is 8.88. The Balaban J connectivity index is 1.34. The Labute approximate surface area is 202 Å². The zero-order valence-electron chi connectivity index (χ0n) is 18.3. The lowest BCUT2D eigenvalue weighted by atomic mass is 10.0. The van der Waals surface area contributed by atoms with Crippen LogP contribution in [0.3, 0.4) is 0 Å². The van der Waals surface area contributed by atoms with Gasteiger partial charge in [-0.05, 0) is 6.07 Å². The molecule has 5 heterocycles. The van der Waals surface area contributed by atoms with Gasteiger partial charge in [-0.25, -0.2) is 0 Å². The number of nitrogens with zero attached hydrogens (tertiary/aromatic N) is 4. The number of aromatic nitrogens is 1. The van der Waals surface area contributed by atoms with Crippen molar-refractivity contribution in [2.24, 2.45) is 10.9 Å². The molecule has 35 heavy (non-hydrogen) atoms. The third-order valence-electron chi connectivity index (χ3n) is 5.70. The number of carbonyl (C=O) groups excluding carboxylic acids is 3. The first-order valence-electron chi connectivity index (χ1n) is 10.4. The van der Waals surface area contributed by atoms with Gasteiger partial charge in [0.15, 0.2) is 18.3 Å². The van der Waals surface area contributed by atoms with Crippen molar-refractivity contribution in [3.63, 3.8) is 0 Å². The molecule has 1 saturated heterocycles. The van der Waals surface area contributed by atoms with Crippen LogP contribution in [0, 0.1) is 0 Å². The molecule has 182 valence electrons. The topological polar surface area (TPSA) is 167 Å². The number of nitrogens with one attached hydrogen (secondary N) is 1. The molecule has 0 spiro atoms. The highest BCUT2D eigenvalue weighted by Crippen LogP contribution is 2.40. The number of carbonyl (C=O) groups is 3. The Morgan fingerprint density at radius 1 is 1.43 bits per heavy atom. The fourth-order valence-electron chi connectivity index (χ4n) is 4.08. The molecule has 5 rings (SSSR count). The molecule has 2 aromatic rings. The van der Waals surface area contributed by atoms with Crippen LogP contribution in [0.4, 0.5) is 0 Å². The fraction of sp³-hybridized carbons (Fsp3) is 0.286. The van der Waals surface area contributed by atoms with Gasteiger partial charge < -0.3 is 29.2 Å².